The Labute approximate surface area is 123 Å². The minimum absolute atomic E-state index is 0.00191. The van der Waals surface area contributed by atoms with Gasteiger partial charge in [0, 0.05) is 31.9 Å². The topological polar surface area (TPSA) is 63.1 Å². The fraction of sp³-hybridized carbons (Fsp3) is 0.400. The number of carbonyl (C=O) groups excluding carboxylic acids is 1. The largest absolute Gasteiger partial charge is 0.381 e. The highest BCUT2D eigenvalue weighted by molar-refractivity contribution is 5.92. The molecule has 1 aromatic carbocycles. The first kappa shape index (κ1) is 13.6. The Balaban J connectivity index is 1.66. The Hall–Kier alpha value is -2.37. The smallest absolute Gasteiger partial charge is 0.273 e. The van der Waals surface area contributed by atoms with E-state index in [4.69, 9.17) is 0 Å². The van der Waals surface area contributed by atoms with Gasteiger partial charge in [-0.2, -0.15) is 0 Å². The number of likely N-dealkylation sites (tertiary alicyclic amines) is 1. The van der Waals surface area contributed by atoms with E-state index >= 15 is 0 Å². The molecule has 0 aliphatic carbocycles. The molecule has 1 N–H and O–H groups in total. The molecule has 0 spiro atoms. The standard InChI is InChI=1S/C15H19N5O/c1-19-14(10-16-18-19)15(21)20-9-5-8-13(11-20)17-12-6-3-2-4-7-12/h2-4,6-7,10,13,17H,5,8-9,11H2,1H3/t13-/m1/s1. The molecule has 0 radical (unpaired) electrons. The van der Waals surface area contributed by atoms with Crippen molar-refractivity contribution >= 4 is 11.6 Å². The monoisotopic (exact) mass is 285 g/mol. The predicted octanol–water partition coefficient (Wildman–Crippen LogP) is 1.53. The van der Waals surface area contributed by atoms with Crippen LogP contribution in [0, 0.1) is 0 Å². The number of aryl methyl sites for hydroxylation is 1. The first-order valence-corrected chi connectivity index (χ1v) is 7.19. The number of para-hydroxylation sites is 1. The zero-order valence-corrected chi connectivity index (χ0v) is 12.1. The van der Waals surface area contributed by atoms with Crippen molar-refractivity contribution in [2.24, 2.45) is 7.05 Å². The molecule has 110 valence electrons. The van der Waals surface area contributed by atoms with Crippen LogP contribution in [0.25, 0.3) is 0 Å². The molecule has 2 aromatic rings. The number of rotatable bonds is 3. The van der Waals surface area contributed by atoms with Crippen molar-refractivity contribution in [2.75, 3.05) is 18.4 Å². The average Bonchev–Trinajstić information content (AvgIpc) is 2.94. The summed E-state index contributed by atoms with van der Waals surface area (Å²) >= 11 is 0. The van der Waals surface area contributed by atoms with Crippen molar-refractivity contribution in [3.8, 4) is 0 Å². The SMILES string of the molecule is Cn1nncc1C(=O)N1CCC[C@@H](Nc2ccccc2)C1. The van der Waals surface area contributed by atoms with E-state index in [0.717, 1.165) is 25.1 Å². The molecule has 0 saturated carbocycles. The number of nitrogens with zero attached hydrogens (tertiary/aromatic N) is 4. The molecule has 1 amide bonds. The first-order valence-electron chi connectivity index (χ1n) is 7.19. The first-order chi connectivity index (χ1) is 10.2. The lowest BCUT2D eigenvalue weighted by Gasteiger charge is -2.33. The van der Waals surface area contributed by atoms with E-state index in [2.05, 4.69) is 15.6 Å². The molecule has 0 bridgehead atoms. The summed E-state index contributed by atoms with van der Waals surface area (Å²) in [6.45, 7) is 1.50. The van der Waals surface area contributed by atoms with Gasteiger partial charge in [0.15, 0.2) is 0 Å². The Morgan fingerprint density at radius 2 is 2.14 bits per heavy atom. The van der Waals surface area contributed by atoms with Gasteiger partial charge >= 0.3 is 0 Å². The molecule has 1 aliphatic rings. The van der Waals surface area contributed by atoms with E-state index < -0.39 is 0 Å². The Kier molecular flexibility index (Phi) is 3.85. The highest BCUT2D eigenvalue weighted by Crippen LogP contribution is 2.17. The number of hydrogen-bond donors (Lipinski definition) is 1. The Morgan fingerprint density at radius 3 is 2.86 bits per heavy atom. The molecular weight excluding hydrogens is 266 g/mol. The van der Waals surface area contributed by atoms with Gasteiger partial charge in [0.05, 0.1) is 6.20 Å². The van der Waals surface area contributed by atoms with Crippen LogP contribution in [-0.2, 0) is 7.05 Å². The summed E-state index contributed by atoms with van der Waals surface area (Å²) in [5, 5.41) is 11.1. The summed E-state index contributed by atoms with van der Waals surface area (Å²) in [5.41, 5.74) is 1.63. The van der Waals surface area contributed by atoms with E-state index in [0.29, 0.717) is 12.2 Å². The summed E-state index contributed by atoms with van der Waals surface area (Å²) in [6, 6.07) is 10.4. The van der Waals surface area contributed by atoms with E-state index in [1.165, 1.54) is 10.9 Å². The summed E-state index contributed by atoms with van der Waals surface area (Å²) in [5.74, 6) is 0.00191. The average molecular weight is 285 g/mol. The van der Waals surface area contributed by atoms with Crippen molar-refractivity contribution in [3.05, 3.63) is 42.2 Å². The van der Waals surface area contributed by atoms with Gasteiger partial charge in [-0.1, -0.05) is 23.4 Å². The van der Waals surface area contributed by atoms with Gasteiger partial charge in [-0.3, -0.25) is 4.79 Å². The molecule has 1 fully saturated rings. The fourth-order valence-corrected chi connectivity index (χ4v) is 2.69. The third kappa shape index (κ3) is 3.04. The highest BCUT2D eigenvalue weighted by atomic mass is 16.2. The second-order valence-corrected chi connectivity index (χ2v) is 5.34. The maximum Gasteiger partial charge on any atom is 0.273 e. The summed E-state index contributed by atoms with van der Waals surface area (Å²) < 4.78 is 1.52. The molecule has 3 rings (SSSR count). The van der Waals surface area contributed by atoms with E-state index in [1.54, 1.807) is 7.05 Å². The number of carbonyl (C=O) groups is 1. The van der Waals surface area contributed by atoms with Crippen LogP contribution in [0.2, 0.25) is 0 Å². The fourth-order valence-electron chi connectivity index (χ4n) is 2.69. The lowest BCUT2D eigenvalue weighted by atomic mass is 10.0. The second-order valence-electron chi connectivity index (χ2n) is 5.34. The van der Waals surface area contributed by atoms with Gasteiger partial charge in [-0.15, -0.1) is 5.10 Å². The van der Waals surface area contributed by atoms with E-state index in [9.17, 15) is 4.79 Å². The van der Waals surface area contributed by atoms with Gasteiger partial charge in [-0.05, 0) is 25.0 Å². The van der Waals surface area contributed by atoms with Crippen molar-refractivity contribution in [1.29, 1.82) is 0 Å². The lowest BCUT2D eigenvalue weighted by Crippen LogP contribution is -2.45. The van der Waals surface area contributed by atoms with Crippen LogP contribution in [-0.4, -0.2) is 44.9 Å². The number of anilines is 1. The molecular formula is C15H19N5O. The van der Waals surface area contributed by atoms with Gasteiger partial charge < -0.3 is 10.2 Å². The molecule has 1 aliphatic heterocycles. The molecule has 2 heterocycles. The van der Waals surface area contributed by atoms with E-state index in [1.807, 2.05) is 35.2 Å². The molecule has 1 aromatic heterocycles. The second kappa shape index (κ2) is 5.95. The summed E-state index contributed by atoms with van der Waals surface area (Å²) in [7, 11) is 1.74. The highest BCUT2D eigenvalue weighted by Gasteiger charge is 2.26. The van der Waals surface area contributed by atoms with Crippen LogP contribution in [0.5, 0.6) is 0 Å². The maximum atomic E-state index is 12.5. The minimum atomic E-state index is 0.00191. The molecule has 21 heavy (non-hydrogen) atoms. The van der Waals surface area contributed by atoms with Gasteiger partial charge in [0.1, 0.15) is 5.69 Å². The van der Waals surface area contributed by atoms with Gasteiger partial charge in [0.25, 0.3) is 5.91 Å². The number of aromatic nitrogens is 3. The Bertz CT molecular complexity index is 610. The molecule has 1 saturated heterocycles. The maximum absolute atomic E-state index is 12.5. The van der Waals surface area contributed by atoms with Crippen molar-refractivity contribution in [1.82, 2.24) is 19.9 Å². The van der Waals surface area contributed by atoms with Crippen molar-refractivity contribution in [3.63, 3.8) is 0 Å². The van der Waals surface area contributed by atoms with Crippen LogP contribution in [0.15, 0.2) is 36.5 Å². The number of benzene rings is 1. The minimum Gasteiger partial charge on any atom is -0.381 e. The van der Waals surface area contributed by atoms with E-state index in [-0.39, 0.29) is 11.9 Å². The third-order valence-electron chi connectivity index (χ3n) is 3.79. The normalized spacial score (nSPS) is 18.5. The Morgan fingerprint density at radius 1 is 1.33 bits per heavy atom. The number of hydrogen-bond acceptors (Lipinski definition) is 4. The van der Waals surface area contributed by atoms with Crippen LogP contribution in [0.3, 0.4) is 0 Å². The van der Waals surface area contributed by atoms with Crippen LogP contribution >= 0.6 is 0 Å². The number of nitrogens with one attached hydrogen (secondary N) is 1. The van der Waals surface area contributed by atoms with Crippen molar-refractivity contribution < 1.29 is 4.79 Å². The van der Waals surface area contributed by atoms with Crippen molar-refractivity contribution in [2.45, 2.75) is 18.9 Å². The zero-order valence-electron chi connectivity index (χ0n) is 12.1. The number of piperidine rings is 1. The molecule has 6 heteroatoms. The third-order valence-corrected chi connectivity index (χ3v) is 3.79. The van der Waals surface area contributed by atoms with Gasteiger partial charge in [-0.25, -0.2) is 4.68 Å². The van der Waals surface area contributed by atoms with Gasteiger partial charge in [0.2, 0.25) is 0 Å². The van der Waals surface area contributed by atoms with Crippen LogP contribution in [0.4, 0.5) is 5.69 Å². The molecule has 0 unspecified atom stereocenters. The quantitative estimate of drug-likeness (QED) is 0.929. The summed E-state index contributed by atoms with van der Waals surface area (Å²) in [6.07, 6.45) is 3.60. The van der Waals surface area contributed by atoms with Crippen LogP contribution in [0.1, 0.15) is 23.3 Å². The van der Waals surface area contributed by atoms with Crippen LogP contribution < -0.4 is 5.32 Å². The predicted molar refractivity (Wildman–Crippen MR) is 80.0 cm³/mol. The summed E-state index contributed by atoms with van der Waals surface area (Å²) in [4.78, 5) is 14.4. The number of amides is 1. The lowest BCUT2D eigenvalue weighted by molar-refractivity contribution is 0.0703. The zero-order chi connectivity index (χ0) is 14.7. The molecule has 6 nitrogen and oxygen atoms in total. The molecule has 1 atom stereocenters.